The number of likely N-dealkylation sites (tertiary alicyclic amines) is 1. The van der Waals surface area contributed by atoms with Gasteiger partial charge in [0.05, 0.1) is 13.7 Å². The second-order valence-electron chi connectivity index (χ2n) is 4.94. The van der Waals surface area contributed by atoms with E-state index in [-0.39, 0.29) is 5.91 Å². The largest absolute Gasteiger partial charge is 0.493 e. The molecule has 1 aromatic carbocycles. The number of ether oxygens (including phenoxy) is 2. The van der Waals surface area contributed by atoms with Crippen LogP contribution in [0.1, 0.15) is 19.8 Å². The van der Waals surface area contributed by atoms with Crippen LogP contribution in [0, 0.1) is 5.92 Å². The van der Waals surface area contributed by atoms with E-state index in [0.29, 0.717) is 12.5 Å². The van der Waals surface area contributed by atoms with E-state index >= 15 is 0 Å². The molecule has 1 aliphatic rings. The first kappa shape index (κ1) is 13.7. The third-order valence-corrected chi connectivity index (χ3v) is 3.51. The molecule has 0 bridgehead atoms. The highest BCUT2D eigenvalue weighted by molar-refractivity contribution is 5.73. The monoisotopic (exact) mass is 263 g/mol. The van der Waals surface area contributed by atoms with Crippen LogP contribution in [0.25, 0.3) is 0 Å². The quantitative estimate of drug-likeness (QED) is 0.837. The molecule has 0 aliphatic carbocycles. The van der Waals surface area contributed by atoms with Crippen molar-refractivity contribution >= 4 is 5.91 Å². The number of carbonyl (C=O) groups excluding carboxylic acids is 1. The number of rotatable bonds is 4. The Bertz CT molecular complexity index is 433. The zero-order chi connectivity index (χ0) is 13.7. The fraction of sp³-hybridized carbons (Fsp3) is 0.533. The summed E-state index contributed by atoms with van der Waals surface area (Å²) >= 11 is 0. The van der Waals surface area contributed by atoms with Crippen LogP contribution in [0.2, 0.25) is 0 Å². The molecule has 0 spiro atoms. The van der Waals surface area contributed by atoms with Gasteiger partial charge in [-0.15, -0.1) is 0 Å². The second kappa shape index (κ2) is 6.45. The Balaban J connectivity index is 1.89. The predicted molar refractivity (Wildman–Crippen MR) is 73.5 cm³/mol. The van der Waals surface area contributed by atoms with Crippen molar-refractivity contribution < 1.29 is 14.3 Å². The van der Waals surface area contributed by atoms with Crippen molar-refractivity contribution in [2.24, 2.45) is 5.92 Å². The number of carbonyl (C=O) groups is 1. The highest BCUT2D eigenvalue weighted by Crippen LogP contribution is 2.27. The van der Waals surface area contributed by atoms with Gasteiger partial charge in [0.25, 0.3) is 0 Å². The van der Waals surface area contributed by atoms with E-state index in [1.54, 1.807) is 14.0 Å². The van der Waals surface area contributed by atoms with Crippen LogP contribution in [0.5, 0.6) is 11.5 Å². The molecule has 4 heteroatoms. The summed E-state index contributed by atoms with van der Waals surface area (Å²) in [6, 6.07) is 7.65. The molecule has 1 atom stereocenters. The first-order chi connectivity index (χ1) is 9.20. The maximum Gasteiger partial charge on any atom is 0.219 e. The van der Waals surface area contributed by atoms with Gasteiger partial charge in [0.2, 0.25) is 5.91 Å². The third kappa shape index (κ3) is 3.63. The number of methoxy groups -OCH3 is 1. The zero-order valence-corrected chi connectivity index (χ0v) is 11.6. The van der Waals surface area contributed by atoms with Crippen molar-refractivity contribution in [3.63, 3.8) is 0 Å². The molecule has 2 rings (SSSR count). The molecular formula is C15H21NO3. The maximum absolute atomic E-state index is 11.4. The summed E-state index contributed by atoms with van der Waals surface area (Å²) in [4.78, 5) is 13.3. The van der Waals surface area contributed by atoms with Crippen molar-refractivity contribution in [2.75, 3.05) is 26.8 Å². The molecule has 104 valence electrons. The molecule has 19 heavy (non-hydrogen) atoms. The lowest BCUT2D eigenvalue weighted by Crippen LogP contribution is -2.40. The van der Waals surface area contributed by atoms with Gasteiger partial charge >= 0.3 is 0 Å². The molecule has 4 nitrogen and oxygen atoms in total. The average molecular weight is 263 g/mol. The van der Waals surface area contributed by atoms with E-state index in [1.807, 2.05) is 29.2 Å². The van der Waals surface area contributed by atoms with E-state index in [1.165, 1.54) is 0 Å². The van der Waals surface area contributed by atoms with Gasteiger partial charge in [-0.1, -0.05) is 12.1 Å². The number of hydrogen-bond acceptors (Lipinski definition) is 3. The standard InChI is InChI=1S/C15H21NO3/c1-12(17)16-9-5-6-13(10-16)11-19-15-8-4-3-7-14(15)18-2/h3-4,7-8,13H,5-6,9-11H2,1-2H3. The second-order valence-corrected chi connectivity index (χ2v) is 4.94. The SMILES string of the molecule is COc1ccccc1OCC1CCCN(C(C)=O)C1. The van der Waals surface area contributed by atoms with Gasteiger partial charge in [0.15, 0.2) is 11.5 Å². The van der Waals surface area contributed by atoms with Crippen LogP contribution in [-0.4, -0.2) is 37.6 Å². The van der Waals surface area contributed by atoms with Crippen molar-refractivity contribution in [3.05, 3.63) is 24.3 Å². The number of hydrogen-bond donors (Lipinski definition) is 0. The van der Waals surface area contributed by atoms with E-state index < -0.39 is 0 Å². The minimum Gasteiger partial charge on any atom is -0.493 e. The number of para-hydroxylation sites is 2. The summed E-state index contributed by atoms with van der Waals surface area (Å²) in [6.07, 6.45) is 2.17. The van der Waals surface area contributed by atoms with Gasteiger partial charge in [-0.2, -0.15) is 0 Å². The molecule has 1 fully saturated rings. The van der Waals surface area contributed by atoms with Crippen LogP contribution in [0.4, 0.5) is 0 Å². The van der Waals surface area contributed by atoms with Gasteiger partial charge in [0, 0.05) is 25.9 Å². The number of nitrogens with zero attached hydrogens (tertiary/aromatic N) is 1. The fourth-order valence-corrected chi connectivity index (χ4v) is 2.43. The molecule has 1 amide bonds. The van der Waals surface area contributed by atoms with E-state index in [0.717, 1.165) is 37.4 Å². The smallest absolute Gasteiger partial charge is 0.219 e. The highest BCUT2D eigenvalue weighted by Gasteiger charge is 2.22. The topological polar surface area (TPSA) is 38.8 Å². The third-order valence-electron chi connectivity index (χ3n) is 3.51. The first-order valence-corrected chi connectivity index (χ1v) is 6.72. The Morgan fingerprint density at radius 1 is 1.37 bits per heavy atom. The van der Waals surface area contributed by atoms with Crippen LogP contribution >= 0.6 is 0 Å². The average Bonchev–Trinajstić information content (AvgIpc) is 2.45. The molecule has 0 N–H and O–H groups in total. The van der Waals surface area contributed by atoms with Gasteiger partial charge in [0.1, 0.15) is 0 Å². The lowest BCUT2D eigenvalue weighted by atomic mass is 9.99. The Morgan fingerprint density at radius 3 is 2.79 bits per heavy atom. The molecule has 0 radical (unpaired) electrons. The maximum atomic E-state index is 11.4. The molecule has 1 saturated heterocycles. The normalized spacial score (nSPS) is 19.1. The predicted octanol–water partition coefficient (Wildman–Crippen LogP) is 2.33. The van der Waals surface area contributed by atoms with Gasteiger partial charge < -0.3 is 14.4 Å². The first-order valence-electron chi connectivity index (χ1n) is 6.72. The van der Waals surface area contributed by atoms with Crippen LogP contribution in [-0.2, 0) is 4.79 Å². The number of amides is 1. The number of benzene rings is 1. The van der Waals surface area contributed by atoms with Crippen molar-refractivity contribution in [3.8, 4) is 11.5 Å². The summed E-state index contributed by atoms with van der Waals surface area (Å²) in [5, 5.41) is 0. The number of piperidine rings is 1. The van der Waals surface area contributed by atoms with Crippen LogP contribution in [0.3, 0.4) is 0 Å². The van der Waals surface area contributed by atoms with E-state index in [4.69, 9.17) is 9.47 Å². The van der Waals surface area contributed by atoms with E-state index in [2.05, 4.69) is 0 Å². The fourth-order valence-electron chi connectivity index (χ4n) is 2.43. The summed E-state index contributed by atoms with van der Waals surface area (Å²) in [7, 11) is 1.64. The Morgan fingerprint density at radius 2 is 2.11 bits per heavy atom. The Kier molecular flexibility index (Phi) is 4.66. The summed E-state index contributed by atoms with van der Waals surface area (Å²) < 4.78 is 11.1. The van der Waals surface area contributed by atoms with Crippen molar-refractivity contribution in [1.29, 1.82) is 0 Å². The molecule has 0 saturated carbocycles. The zero-order valence-electron chi connectivity index (χ0n) is 11.6. The van der Waals surface area contributed by atoms with Gasteiger partial charge in [-0.25, -0.2) is 0 Å². The van der Waals surface area contributed by atoms with Gasteiger partial charge in [-0.05, 0) is 25.0 Å². The highest BCUT2D eigenvalue weighted by atomic mass is 16.5. The lowest BCUT2D eigenvalue weighted by molar-refractivity contribution is -0.130. The van der Waals surface area contributed by atoms with Gasteiger partial charge in [-0.3, -0.25) is 4.79 Å². The molecule has 1 aliphatic heterocycles. The molecule has 1 unspecified atom stereocenters. The molecule has 0 aromatic heterocycles. The molecule has 1 aromatic rings. The molecular weight excluding hydrogens is 242 g/mol. The van der Waals surface area contributed by atoms with Crippen LogP contribution in [0.15, 0.2) is 24.3 Å². The Labute approximate surface area is 114 Å². The summed E-state index contributed by atoms with van der Waals surface area (Å²) in [6.45, 7) is 3.93. The van der Waals surface area contributed by atoms with Crippen LogP contribution < -0.4 is 9.47 Å². The molecule has 1 heterocycles. The lowest BCUT2D eigenvalue weighted by Gasteiger charge is -2.32. The van der Waals surface area contributed by atoms with Crippen molar-refractivity contribution in [2.45, 2.75) is 19.8 Å². The van der Waals surface area contributed by atoms with E-state index in [9.17, 15) is 4.79 Å². The minimum atomic E-state index is 0.155. The minimum absolute atomic E-state index is 0.155. The van der Waals surface area contributed by atoms with Crippen molar-refractivity contribution in [1.82, 2.24) is 4.90 Å². The Hall–Kier alpha value is -1.71. The summed E-state index contributed by atoms with van der Waals surface area (Å²) in [5.74, 6) is 2.08. The summed E-state index contributed by atoms with van der Waals surface area (Å²) in [5.41, 5.74) is 0.